The molecule has 0 radical (unpaired) electrons. The molecule has 2 heterocycles. The van der Waals surface area contributed by atoms with Crippen molar-refractivity contribution in [3.63, 3.8) is 0 Å². The molecule has 0 atom stereocenters. The second-order valence-electron chi connectivity index (χ2n) is 4.52. The molecule has 0 aromatic heterocycles. The van der Waals surface area contributed by atoms with Crippen molar-refractivity contribution in [2.45, 2.75) is 18.3 Å². The topological polar surface area (TPSA) is 41.5 Å². The summed E-state index contributed by atoms with van der Waals surface area (Å²) in [5, 5.41) is 3.35. The Morgan fingerprint density at radius 1 is 1.19 bits per heavy atom. The summed E-state index contributed by atoms with van der Waals surface area (Å²) >= 11 is 0. The largest absolute Gasteiger partial charge is 0.317 e. The third kappa shape index (κ3) is 1.32. The van der Waals surface area contributed by atoms with Crippen LogP contribution >= 0.6 is 0 Å². The van der Waals surface area contributed by atoms with Gasteiger partial charge in [-0.1, -0.05) is 18.2 Å². The lowest BCUT2D eigenvalue weighted by atomic mass is 9.71. The Hall–Kier alpha value is -1.48. The van der Waals surface area contributed by atoms with Crippen LogP contribution < -0.4 is 5.32 Å². The summed E-state index contributed by atoms with van der Waals surface area (Å²) < 4.78 is 0. The molecular formula is C13H14N2O. The molecule has 1 saturated heterocycles. The van der Waals surface area contributed by atoms with E-state index >= 15 is 0 Å². The van der Waals surface area contributed by atoms with Crippen LogP contribution in [0.5, 0.6) is 0 Å². The van der Waals surface area contributed by atoms with E-state index in [9.17, 15) is 4.79 Å². The van der Waals surface area contributed by atoms with E-state index in [0.717, 1.165) is 37.1 Å². The van der Waals surface area contributed by atoms with Crippen LogP contribution in [0.3, 0.4) is 0 Å². The molecule has 0 saturated carbocycles. The Morgan fingerprint density at radius 3 is 2.75 bits per heavy atom. The highest BCUT2D eigenvalue weighted by molar-refractivity contribution is 6.06. The Morgan fingerprint density at radius 2 is 1.94 bits per heavy atom. The number of nitrogens with one attached hydrogen (secondary N) is 1. The Bertz CT molecular complexity index is 459. The summed E-state index contributed by atoms with van der Waals surface area (Å²) in [4.78, 5) is 15.8. The maximum absolute atomic E-state index is 11.7. The van der Waals surface area contributed by atoms with Gasteiger partial charge in [-0.2, -0.15) is 0 Å². The van der Waals surface area contributed by atoms with Crippen LogP contribution in [0.4, 0.5) is 0 Å². The van der Waals surface area contributed by atoms with Gasteiger partial charge in [-0.15, -0.1) is 0 Å². The predicted octanol–water partition coefficient (Wildman–Crippen LogP) is 1.53. The zero-order valence-electron chi connectivity index (χ0n) is 9.07. The van der Waals surface area contributed by atoms with E-state index < -0.39 is 0 Å². The van der Waals surface area contributed by atoms with Crippen LogP contribution in [0.25, 0.3) is 0 Å². The normalized spacial score (nSPS) is 22.1. The molecule has 3 nitrogen and oxygen atoms in total. The van der Waals surface area contributed by atoms with Gasteiger partial charge in [0.05, 0.1) is 0 Å². The van der Waals surface area contributed by atoms with E-state index in [0.29, 0.717) is 0 Å². The standard InChI is InChI=1S/C13H14N2O/c16-12-10-3-1-2-4-11(10)13(9-15-12)5-7-14-8-6-13/h1-4,9,14H,5-8H2. The first-order chi connectivity index (χ1) is 7.82. The monoisotopic (exact) mass is 214 g/mol. The fraction of sp³-hybridized carbons (Fsp3) is 0.385. The van der Waals surface area contributed by atoms with Gasteiger partial charge >= 0.3 is 0 Å². The highest BCUT2D eigenvalue weighted by atomic mass is 16.1. The van der Waals surface area contributed by atoms with Crippen molar-refractivity contribution in [2.75, 3.05) is 13.1 Å². The van der Waals surface area contributed by atoms with Crippen molar-refractivity contribution in [3.8, 4) is 0 Å². The van der Waals surface area contributed by atoms with Crippen molar-refractivity contribution in [1.29, 1.82) is 0 Å². The quantitative estimate of drug-likeness (QED) is 0.711. The molecule has 0 aliphatic carbocycles. The minimum atomic E-state index is -0.0974. The van der Waals surface area contributed by atoms with E-state index in [4.69, 9.17) is 0 Å². The fourth-order valence-corrected chi connectivity index (χ4v) is 2.70. The van der Waals surface area contributed by atoms with Gasteiger partial charge in [0.15, 0.2) is 0 Å². The van der Waals surface area contributed by atoms with Gasteiger partial charge in [-0.3, -0.25) is 4.79 Å². The maximum Gasteiger partial charge on any atom is 0.276 e. The Kier molecular flexibility index (Phi) is 2.14. The molecule has 3 rings (SSSR count). The van der Waals surface area contributed by atoms with E-state index in [1.165, 1.54) is 0 Å². The summed E-state index contributed by atoms with van der Waals surface area (Å²) in [6, 6.07) is 7.88. The summed E-state index contributed by atoms with van der Waals surface area (Å²) in [5.41, 5.74) is 1.94. The summed E-state index contributed by atoms with van der Waals surface area (Å²) in [6.07, 6.45) is 3.93. The number of hydrogen-bond acceptors (Lipinski definition) is 2. The number of amides is 1. The zero-order valence-corrected chi connectivity index (χ0v) is 9.07. The van der Waals surface area contributed by atoms with E-state index in [-0.39, 0.29) is 11.3 Å². The van der Waals surface area contributed by atoms with Crippen molar-refractivity contribution in [1.82, 2.24) is 5.32 Å². The summed E-state index contributed by atoms with van der Waals surface area (Å²) in [6.45, 7) is 1.99. The average Bonchev–Trinajstić information content (AvgIpc) is 2.36. The number of aliphatic imine (C=N–C) groups is 1. The molecule has 0 bridgehead atoms. The van der Waals surface area contributed by atoms with Crippen LogP contribution in [-0.4, -0.2) is 25.2 Å². The highest BCUT2D eigenvalue weighted by Crippen LogP contribution is 2.36. The molecule has 16 heavy (non-hydrogen) atoms. The van der Waals surface area contributed by atoms with Crippen LogP contribution in [-0.2, 0) is 5.41 Å². The molecule has 1 spiro atoms. The second-order valence-corrected chi connectivity index (χ2v) is 4.52. The first-order valence-electron chi connectivity index (χ1n) is 5.72. The number of benzene rings is 1. The third-order valence-corrected chi connectivity index (χ3v) is 3.62. The van der Waals surface area contributed by atoms with Gasteiger partial charge in [-0.25, -0.2) is 4.99 Å². The number of nitrogens with zero attached hydrogens (tertiary/aromatic N) is 1. The Balaban J connectivity index is 2.14. The van der Waals surface area contributed by atoms with E-state index in [1.54, 1.807) is 0 Å². The minimum Gasteiger partial charge on any atom is -0.317 e. The van der Waals surface area contributed by atoms with Gasteiger partial charge < -0.3 is 5.32 Å². The molecule has 1 aromatic carbocycles. The van der Waals surface area contributed by atoms with Gasteiger partial charge in [0.25, 0.3) is 5.91 Å². The summed E-state index contributed by atoms with van der Waals surface area (Å²) in [7, 11) is 0. The van der Waals surface area contributed by atoms with Gasteiger partial charge in [0.1, 0.15) is 0 Å². The van der Waals surface area contributed by atoms with E-state index in [1.807, 2.05) is 24.4 Å². The molecule has 2 aliphatic rings. The average molecular weight is 214 g/mol. The molecule has 2 aliphatic heterocycles. The smallest absolute Gasteiger partial charge is 0.276 e. The highest BCUT2D eigenvalue weighted by Gasteiger charge is 2.37. The number of carbonyl (C=O) groups excluding carboxylic acids is 1. The molecule has 3 heteroatoms. The van der Waals surface area contributed by atoms with Crippen LogP contribution in [0, 0.1) is 0 Å². The molecule has 1 fully saturated rings. The molecule has 82 valence electrons. The van der Waals surface area contributed by atoms with Crippen molar-refractivity contribution in [3.05, 3.63) is 35.4 Å². The lowest BCUT2D eigenvalue weighted by Crippen LogP contribution is -2.43. The fourth-order valence-electron chi connectivity index (χ4n) is 2.70. The first kappa shape index (κ1) is 9.73. The van der Waals surface area contributed by atoms with E-state index in [2.05, 4.69) is 16.4 Å². The van der Waals surface area contributed by atoms with Crippen LogP contribution in [0.1, 0.15) is 28.8 Å². The molecule has 0 unspecified atom stereocenters. The zero-order chi connectivity index (χ0) is 11.0. The first-order valence-corrected chi connectivity index (χ1v) is 5.72. The lowest BCUT2D eigenvalue weighted by Gasteiger charge is -2.37. The van der Waals surface area contributed by atoms with Crippen molar-refractivity contribution >= 4 is 12.1 Å². The van der Waals surface area contributed by atoms with Gasteiger partial charge in [-0.05, 0) is 37.6 Å². The van der Waals surface area contributed by atoms with Gasteiger partial charge in [0.2, 0.25) is 0 Å². The molecule has 1 N–H and O–H groups in total. The number of fused-ring (bicyclic) bond motifs is 2. The second kappa shape index (κ2) is 3.52. The van der Waals surface area contributed by atoms with Crippen LogP contribution in [0.2, 0.25) is 0 Å². The molecular weight excluding hydrogens is 200 g/mol. The molecule has 1 aromatic rings. The third-order valence-electron chi connectivity index (χ3n) is 3.62. The number of hydrogen-bond donors (Lipinski definition) is 1. The predicted molar refractivity (Wildman–Crippen MR) is 63.0 cm³/mol. The molecule has 1 amide bonds. The number of piperidine rings is 1. The SMILES string of the molecule is O=C1N=CC2(CCNCC2)c2ccccc21. The maximum atomic E-state index is 11.7. The minimum absolute atomic E-state index is 0.00421. The van der Waals surface area contributed by atoms with Crippen molar-refractivity contribution in [2.24, 2.45) is 4.99 Å². The van der Waals surface area contributed by atoms with Crippen molar-refractivity contribution < 1.29 is 4.79 Å². The van der Waals surface area contributed by atoms with Gasteiger partial charge in [0, 0.05) is 17.2 Å². The number of carbonyl (C=O) groups is 1. The van der Waals surface area contributed by atoms with Crippen LogP contribution in [0.15, 0.2) is 29.3 Å². The Labute approximate surface area is 94.6 Å². The lowest BCUT2D eigenvalue weighted by molar-refractivity contribution is 0.0996. The number of rotatable bonds is 0. The summed E-state index contributed by atoms with van der Waals surface area (Å²) in [5.74, 6) is -0.0974.